The average molecular weight is 593 g/mol. The summed E-state index contributed by atoms with van der Waals surface area (Å²) in [6.45, 7) is 1.90. The summed E-state index contributed by atoms with van der Waals surface area (Å²) in [5.41, 5.74) is 1.45. The van der Waals surface area contributed by atoms with Crippen LogP contribution in [0.4, 0.5) is 10.1 Å². The van der Waals surface area contributed by atoms with Crippen LogP contribution < -0.4 is 19.5 Å². The molecule has 0 radical (unpaired) electrons. The number of amides is 1. The highest BCUT2D eigenvalue weighted by atomic mass is 79.9. The van der Waals surface area contributed by atoms with Crippen LogP contribution in [0.2, 0.25) is 5.02 Å². The number of nitrogens with one attached hydrogen (secondary N) is 1. The van der Waals surface area contributed by atoms with Crippen LogP contribution in [0.15, 0.2) is 59.1 Å². The Morgan fingerprint density at radius 1 is 1.08 bits per heavy atom. The summed E-state index contributed by atoms with van der Waals surface area (Å²) in [6, 6.07) is 12.6. The zero-order valence-corrected chi connectivity index (χ0v) is 22.6. The molecule has 0 atom stereocenters. The Kier molecular flexibility index (Phi) is 9.93. The van der Waals surface area contributed by atoms with Crippen molar-refractivity contribution in [2.75, 3.05) is 26.1 Å². The summed E-state index contributed by atoms with van der Waals surface area (Å²) >= 11 is 9.71. The summed E-state index contributed by atoms with van der Waals surface area (Å²) in [5, 5.41) is 2.80. The molecule has 0 saturated heterocycles. The van der Waals surface area contributed by atoms with Crippen LogP contribution in [0.5, 0.6) is 17.2 Å². The molecule has 3 aromatic carbocycles. The predicted molar refractivity (Wildman–Crippen MR) is 143 cm³/mol. The summed E-state index contributed by atoms with van der Waals surface area (Å²) in [7, 11) is 2.87. The van der Waals surface area contributed by atoms with Crippen molar-refractivity contribution in [3.63, 3.8) is 0 Å². The lowest BCUT2D eigenvalue weighted by Gasteiger charge is -2.14. The second kappa shape index (κ2) is 13.1. The molecule has 0 spiro atoms. The third kappa shape index (κ3) is 7.24. The van der Waals surface area contributed by atoms with Crippen LogP contribution in [0.1, 0.15) is 28.4 Å². The molecule has 0 aliphatic carbocycles. The molecule has 0 aliphatic rings. The first kappa shape index (κ1) is 28.0. The van der Waals surface area contributed by atoms with E-state index in [4.69, 9.17) is 30.5 Å². The standard InChI is InChI=1S/C27H24BrClFNO6/c1-4-36-27(33)18-13-20(29)22(14-23(18)34-2)31-25(32)10-9-16-11-19(28)26(24(12-16)35-3)37-15-17-7-5-6-8-21(17)30/h5-14H,4,15H2,1-3H3,(H,31,32)/b10-9+. The molecule has 0 aromatic heterocycles. The maximum atomic E-state index is 13.9. The fourth-order valence-electron chi connectivity index (χ4n) is 3.27. The second-order valence-electron chi connectivity index (χ2n) is 7.49. The van der Waals surface area contributed by atoms with Crippen LogP contribution in [-0.2, 0) is 16.1 Å². The number of carbonyl (C=O) groups is 2. The summed E-state index contributed by atoms with van der Waals surface area (Å²) in [5.74, 6) is -0.415. The lowest BCUT2D eigenvalue weighted by molar-refractivity contribution is -0.111. The molecule has 1 N–H and O–H groups in total. The van der Waals surface area contributed by atoms with E-state index in [0.717, 1.165) is 0 Å². The first-order valence-electron chi connectivity index (χ1n) is 11.0. The SMILES string of the molecule is CCOC(=O)c1cc(Cl)c(NC(=O)/C=C/c2cc(Br)c(OCc3ccccc3F)c(OC)c2)cc1OC. The number of carbonyl (C=O) groups excluding carboxylic acids is 2. The van der Waals surface area contributed by atoms with Gasteiger partial charge in [-0.15, -0.1) is 0 Å². The number of hydrogen-bond acceptors (Lipinski definition) is 6. The lowest BCUT2D eigenvalue weighted by atomic mass is 10.1. The quantitative estimate of drug-likeness (QED) is 0.209. The molecule has 7 nitrogen and oxygen atoms in total. The Labute approximate surface area is 227 Å². The number of anilines is 1. The van der Waals surface area contributed by atoms with Gasteiger partial charge in [-0.05, 0) is 58.8 Å². The third-order valence-electron chi connectivity index (χ3n) is 5.05. The van der Waals surface area contributed by atoms with Crippen molar-refractivity contribution in [2.45, 2.75) is 13.5 Å². The van der Waals surface area contributed by atoms with Gasteiger partial charge in [0, 0.05) is 17.7 Å². The Balaban J connectivity index is 1.74. The number of hydrogen-bond donors (Lipinski definition) is 1. The lowest BCUT2D eigenvalue weighted by Crippen LogP contribution is -2.11. The molecule has 194 valence electrons. The van der Waals surface area contributed by atoms with Crippen molar-refractivity contribution in [2.24, 2.45) is 0 Å². The van der Waals surface area contributed by atoms with Gasteiger partial charge in [-0.3, -0.25) is 4.79 Å². The second-order valence-corrected chi connectivity index (χ2v) is 8.75. The van der Waals surface area contributed by atoms with Crippen molar-refractivity contribution in [3.8, 4) is 17.2 Å². The molecule has 1 amide bonds. The minimum atomic E-state index is -0.583. The fraction of sp³-hybridized carbons (Fsp3) is 0.185. The van der Waals surface area contributed by atoms with Gasteiger partial charge in [0.15, 0.2) is 11.5 Å². The van der Waals surface area contributed by atoms with Gasteiger partial charge in [0.25, 0.3) is 0 Å². The van der Waals surface area contributed by atoms with Crippen molar-refractivity contribution in [1.29, 1.82) is 0 Å². The number of rotatable bonds is 10. The van der Waals surface area contributed by atoms with Crippen LogP contribution >= 0.6 is 27.5 Å². The molecule has 0 bridgehead atoms. The van der Waals surface area contributed by atoms with E-state index in [1.807, 2.05) is 0 Å². The molecule has 3 rings (SSSR count). The van der Waals surface area contributed by atoms with E-state index in [9.17, 15) is 14.0 Å². The number of esters is 1. The largest absolute Gasteiger partial charge is 0.496 e. The van der Waals surface area contributed by atoms with E-state index in [2.05, 4.69) is 21.2 Å². The molecule has 3 aromatic rings. The summed E-state index contributed by atoms with van der Waals surface area (Å²) in [4.78, 5) is 24.7. The molecule has 0 heterocycles. The Bertz CT molecular complexity index is 1330. The van der Waals surface area contributed by atoms with Gasteiger partial charge in [-0.2, -0.15) is 0 Å². The first-order valence-corrected chi connectivity index (χ1v) is 12.2. The van der Waals surface area contributed by atoms with Gasteiger partial charge in [-0.1, -0.05) is 29.8 Å². The molecular weight excluding hydrogens is 569 g/mol. The Morgan fingerprint density at radius 3 is 2.49 bits per heavy atom. The highest BCUT2D eigenvalue weighted by molar-refractivity contribution is 9.10. The number of benzene rings is 3. The van der Waals surface area contributed by atoms with Crippen LogP contribution in [0.25, 0.3) is 6.08 Å². The number of methoxy groups -OCH3 is 2. The molecule has 0 saturated carbocycles. The minimum absolute atomic E-state index is 0.0123. The first-order chi connectivity index (χ1) is 17.8. The van der Waals surface area contributed by atoms with Crippen LogP contribution in [0.3, 0.4) is 0 Å². The van der Waals surface area contributed by atoms with E-state index in [-0.39, 0.29) is 41.1 Å². The van der Waals surface area contributed by atoms with Gasteiger partial charge in [0.05, 0.1) is 36.0 Å². The van der Waals surface area contributed by atoms with E-state index < -0.39 is 11.9 Å². The number of ether oxygens (including phenoxy) is 4. The molecular formula is C27H24BrClFNO6. The zero-order valence-electron chi connectivity index (χ0n) is 20.3. The predicted octanol–water partition coefficient (Wildman–Crippen LogP) is 6.67. The molecule has 0 aliphatic heterocycles. The summed E-state index contributed by atoms with van der Waals surface area (Å²) in [6.07, 6.45) is 2.88. The molecule has 0 fully saturated rings. The van der Waals surface area contributed by atoms with Crippen LogP contribution in [-0.4, -0.2) is 32.7 Å². The summed E-state index contributed by atoms with van der Waals surface area (Å²) < 4.78 is 35.9. The third-order valence-corrected chi connectivity index (χ3v) is 5.95. The normalized spacial score (nSPS) is 10.8. The average Bonchev–Trinajstić information content (AvgIpc) is 2.88. The van der Waals surface area contributed by atoms with Gasteiger partial charge < -0.3 is 24.3 Å². The molecule has 10 heteroatoms. The maximum absolute atomic E-state index is 13.9. The van der Waals surface area contributed by atoms with Crippen molar-refractivity contribution in [1.82, 2.24) is 0 Å². The van der Waals surface area contributed by atoms with Gasteiger partial charge in [-0.25, -0.2) is 9.18 Å². The monoisotopic (exact) mass is 591 g/mol. The zero-order chi connectivity index (χ0) is 26.9. The van der Waals surface area contributed by atoms with E-state index in [0.29, 0.717) is 27.1 Å². The smallest absolute Gasteiger partial charge is 0.341 e. The maximum Gasteiger partial charge on any atom is 0.341 e. The van der Waals surface area contributed by atoms with E-state index >= 15 is 0 Å². The number of halogens is 3. The Morgan fingerprint density at radius 2 is 1.81 bits per heavy atom. The van der Waals surface area contributed by atoms with Gasteiger partial charge in [0.2, 0.25) is 5.91 Å². The molecule has 0 unspecified atom stereocenters. The highest BCUT2D eigenvalue weighted by Gasteiger charge is 2.18. The van der Waals surface area contributed by atoms with Gasteiger partial charge >= 0.3 is 5.97 Å². The van der Waals surface area contributed by atoms with Crippen molar-refractivity contribution >= 4 is 51.2 Å². The Hall–Kier alpha value is -3.56. The van der Waals surface area contributed by atoms with Gasteiger partial charge in [0.1, 0.15) is 23.7 Å². The van der Waals surface area contributed by atoms with Crippen LogP contribution in [0, 0.1) is 5.82 Å². The fourth-order valence-corrected chi connectivity index (χ4v) is 4.06. The van der Waals surface area contributed by atoms with E-state index in [1.54, 1.807) is 43.3 Å². The minimum Gasteiger partial charge on any atom is -0.496 e. The highest BCUT2D eigenvalue weighted by Crippen LogP contribution is 2.38. The topological polar surface area (TPSA) is 83.1 Å². The molecule has 37 heavy (non-hydrogen) atoms. The van der Waals surface area contributed by atoms with Crippen molar-refractivity contribution in [3.05, 3.63) is 86.6 Å². The van der Waals surface area contributed by atoms with Crippen molar-refractivity contribution < 1.29 is 32.9 Å². The van der Waals surface area contributed by atoms with E-state index in [1.165, 1.54) is 38.5 Å².